The van der Waals surface area contributed by atoms with Gasteiger partial charge in [-0.15, -0.1) is 0 Å². The summed E-state index contributed by atoms with van der Waals surface area (Å²) in [6.07, 6.45) is 0.486. The lowest BCUT2D eigenvalue weighted by molar-refractivity contribution is -0.131. The number of methoxy groups -OCH3 is 1. The zero-order valence-corrected chi connectivity index (χ0v) is 8.46. The summed E-state index contributed by atoms with van der Waals surface area (Å²) < 4.78 is 4.82. The molecular formula is C9H19NO2. The van der Waals surface area contributed by atoms with E-state index in [4.69, 9.17) is 4.74 Å². The van der Waals surface area contributed by atoms with Crippen molar-refractivity contribution in [1.29, 1.82) is 0 Å². The Bertz CT molecular complexity index is 134. The van der Waals surface area contributed by atoms with Crippen molar-refractivity contribution in [2.45, 2.75) is 20.3 Å². The van der Waals surface area contributed by atoms with Gasteiger partial charge in [0.2, 0.25) is 5.91 Å². The van der Waals surface area contributed by atoms with Crippen molar-refractivity contribution in [3.63, 3.8) is 0 Å². The summed E-state index contributed by atoms with van der Waals surface area (Å²) >= 11 is 0. The fourth-order valence-corrected chi connectivity index (χ4v) is 1.03. The molecule has 0 atom stereocenters. The third-order valence-corrected chi connectivity index (χ3v) is 1.58. The van der Waals surface area contributed by atoms with Crippen LogP contribution in [-0.4, -0.2) is 38.1 Å². The first kappa shape index (κ1) is 11.4. The Balaban J connectivity index is 3.61. The fraction of sp³-hybridized carbons (Fsp3) is 0.889. The van der Waals surface area contributed by atoms with Crippen molar-refractivity contribution in [3.05, 3.63) is 0 Å². The summed E-state index contributed by atoms with van der Waals surface area (Å²) in [6, 6.07) is 0. The van der Waals surface area contributed by atoms with E-state index in [0.717, 1.165) is 6.54 Å². The first-order chi connectivity index (χ1) is 5.57. The average molecular weight is 173 g/mol. The zero-order valence-electron chi connectivity index (χ0n) is 8.46. The van der Waals surface area contributed by atoms with Crippen LogP contribution in [0, 0.1) is 5.92 Å². The van der Waals surface area contributed by atoms with Crippen LogP contribution in [0.4, 0.5) is 0 Å². The van der Waals surface area contributed by atoms with Gasteiger partial charge in [0.15, 0.2) is 0 Å². The molecule has 0 aromatic heterocycles. The van der Waals surface area contributed by atoms with Crippen molar-refractivity contribution in [1.82, 2.24) is 4.90 Å². The molecule has 0 saturated heterocycles. The molecule has 0 N–H and O–H groups in total. The first-order valence-corrected chi connectivity index (χ1v) is 4.30. The molecule has 0 saturated carbocycles. The second-order valence-electron chi connectivity index (χ2n) is 3.41. The molecule has 3 heteroatoms. The van der Waals surface area contributed by atoms with E-state index in [1.54, 1.807) is 12.0 Å². The number of carbonyl (C=O) groups is 1. The Morgan fingerprint density at radius 2 is 2.08 bits per heavy atom. The second kappa shape index (κ2) is 6.00. The largest absolute Gasteiger partial charge is 0.384 e. The molecule has 0 aliphatic carbocycles. The molecule has 0 aromatic carbocycles. The van der Waals surface area contributed by atoms with Gasteiger partial charge < -0.3 is 9.64 Å². The molecule has 0 radical (unpaired) electrons. The molecule has 3 nitrogen and oxygen atoms in total. The van der Waals surface area contributed by atoms with Gasteiger partial charge in [-0.2, -0.15) is 0 Å². The molecule has 0 spiro atoms. The average Bonchev–Trinajstić information content (AvgIpc) is 1.98. The number of ether oxygens (including phenoxy) is 1. The van der Waals surface area contributed by atoms with Gasteiger partial charge in [-0.05, 0) is 5.92 Å². The van der Waals surface area contributed by atoms with Crippen LogP contribution >= 0.6 is 0 Å². The van der Waals surface area contributed by atoms with Crippen molar-refractivity contribution in [2.75, 3.05) is 27.3 Å². The molecule has 72 valence electrons. The van der Waals surface area contributed by atoms with Crippen LogP contribution in [0.2, 0.25) is 0 Å². The summed E-state index contributed by atoms with van der Waals surface area (Å²) in [5, 5.41) is 0. The highest BCUT2D eigenvalue weighted by molar-refractivity contribution is 5.75. The van der Waals surface area contributed by atoms with E-state index in [2.05, 4.69) is 13.8 Å². The maximum Gasteiger partial charge on any atom is 0.224 e. The Labute approximate surface area is 74.7 Å². The van der Waals surface area contributed by atoms with Crippen molar-refractivity contribution >= 4 is 5.91 Å². The molecule has 1 amide bonds. The van der Waals surface area contributed by atoms with Gasteiger partial charge in [0.25, 0.3) is 0 Å². The maximum absolute atomic E-state index is 11.3. The van der Waals surface area contributed by atoms with Gasteiger partial charge in [0, 0.05) is 20.7 Å². The lowest BCUT2D eigenvalue weighted by atomic mass is 10.2. The highest BCUT2D eigenvalue weighted by Gasteiger charge is 2.08. The Kier molecular flexibility index (Phi) is 5.72. The van der Waals surface area contributed by atoms with Crippen LogP contribution in [0.5, 0.6) is 0 Å². The minimum Gasteiger partial charge on any atom is -0.384 e. The minimum atomic E-state index is 0.158. The monoisotopic (exact) mass is 173 g/mol. The van der Waals surface area contributed by atoms with Crippen LogP contribution in [0.3, 0.4) is 0 Å². The minimum absolute atomic E-state index is 0.158. The zero-order chi connectivity index (χ0) is 9.56. The quantitative estimate of drug-likeness (QED) is 0.624. The smallest absolute Gasteiger partial charge is 0.224 e. The normalized spacial score (nSPS) is 10.4. The van der Waals surface area contributed by atoms with Crippen LogP contribution in [0.25, 0.3) is 0 Å². The van der Waals surface area contributed by atoms with Crippen molar-refractivity contribution < 1.29 is 9.53 Å². The maximum atomic E-state index is 11.3. The first-order valence-electron chi connectivity index (χ1n) is 4.30. The number of hydrogen-bond donors (Lipinski definition) is 0. The highest BCUT2D eigenvalue weighted by Crippen LogP contribution is 1.98. The summed E-state index contributed by atoms with van der Waals surface area (Å²) in [7, 11) is 3.44. The van der Waals surface area contributed by atoms with E-state index in [1.807, 2.05) is 7.05 Å². The van der Waals surface area contributed by atoms with Gasteiger partial charge in [-0.25, -0.2) is 0 Å². The van der Waals surface area contributed by atoms with E-state index in [9.17, 15) is 4.79 Å². The Morgan fingerprint density at radius 3 is 2.50 bits per heavy atom. The molecule has 0 unspecified atom stereocenters. The molecular weight excluding hydrogens is 154 g/mol. The van der Waals surface area contributed by atoms with E-state index >= 15 is 0 Å². The fourth-order valence-electron chi connectivity index (χ4n) is 1.03. The molecule has 0 bridgehead atoms. The summed E-state index contributed by atoms with van der Waals surface area (Å²) in [4.78, 5) is 13.0. The SMILES string of the molecule is COCCC(=O)N(C)CC(C)C. The van der Waals surface area contributed by atoms with Crippen LogP contribution in [0.15, 0.2) is 0 Å². The highest BCUT2D eigenvalue weighted by atomic mass is 16.5. The molecule has 0 aliphatic heterocycles. The number of rotatable bonds is 5. The second-order valence-corrected chi connectivity index (χ2v) is 3.41. The van der Waals surface area contributed by atoms with Gasteiger partial charge in [0.1, 0.15) is 0 Å². The molecule has 0 heterocycles. The predicted molar refractivity (Wildman–Crippen MR) is 49.0 cm³/mol. The lowest BCUT2D eigenvalue weighted by Gasteiger charge is -2.18. The predicted octanol–water partition coefficient (Wildman–Crippen LogP) is 1.14. The number of hydrogen-bond acceptors (Lipinski definition) is 2. The Morgan fingerprint density at radius 1 is 1.50 bits per heavy atom. The standard InChI is InChI=1S/C9H19NO2/c1-8(2)7-10(3)9(11)5-6-12-4/h8H,5-7H2,1-4H3. The van der Waals surface area contributed by atoms with Gasteiger partial charge in [0.05, 0.1) is 13.0 Å². The number of amides is 1. The van der Waals surface area contributed by atoms with Crippen molar-refractivity contribution in [2.24, 2.45) is 5.92 Å². The number of nitrogens with zero attached hydrogens (tertiary/aromatic N) is 1. The molecule has 0 aliphatic rings. The van der Waals surface area contributed by atoms with E-state index < -0.39 is 0 Å². The summed E-state index contributed by atoms with van der Waals surface area (Å²) in [6.45, 7) is 5.53. The molecule has 0 rings (SSSR count). The molecule has 0 aromatic rings. The molecule has 0 fully saturated rings. The summed E-state index contributed by atoms with van der Waals surface area (Å²) in [5.74, 6) is 0.687. The van der Waals surface area contributed by atoms with Gasteiger partial charge in [-0.1, -0.05) is 13.8 Å². The third-order valence-electron chi connectivity index (χ3n) is 1.58. The lowest BCUT2D eigenvalue weighted by Crippen LogP contribution is -2.30. The van der Waals surface area contributed by atoms with Crippen LogP contribution in [-0.2, 0) is 9.53 Å². The van der Waals surface area contributed by atoms with Crippen LogP contribution < -0.4 is 0 Å². The van der Waals surface area contributed by atoms with Crippen molar-refractivity contribution in [3.8, 4) is 0 Å². The number of carbonyl (C=O) groups excluding carboxylic acids is 1. The summed E-state index contributed by atoms with van der Waals surface area (Å²) in [5.41, 5.74) is 0. The van der Waals surface area contributed by atoms with Gasteiger partial charge >= 0.3 is 0 Å². The van der Waals surface area contributed by atoms with E-state index in [1.165, 1.54) is 0 Å². The van der Waals surface area contributed by atoms with Gasteiger partial charge in [-0.3, -0.25) is 4.79 Å². The third kappa shape index (κ3) is 5.13. The Hall–Kier alpha value is -0.570. The molecule has 12 heavy (non-hydrogen) atoms. The van der Waals surface area contributed by atoms with Crippen LogP contribution in [0.1, 0.15) is 20.3 Å². The van der Waals surface area contributed by atoms with E-state index in [-0.39, 0.29) is 5.91 Å². The van der Waals surface area contributed by atoms with E-state index in [0.29, 0.717) is 18.9 Å². The topological polar surface area (TPSA) is 29.5 Å².